The van der Waals surface area contributed by atoms with Gasteiger partial charge in [-0.05, 0) is 5.56 Å². The van der Waals surface area contributed by atoms with E-state index in [9.17, 15) is 17.6 Å². The summed E-state index contributed by atoms with van der Waals surface area (Å²) in [5, 5.41) is 0. The fraction of sp³-hybridized carbons (Fsp3) is 0.143. The van der Waals surface area contributed by atoms with Gasteiger partial charge in [0, 0.05) is 5.82 Å². The van der Waals surface area contributed by atoms with Crippen LogP contribution in [0, 0.1) is 11.9 Å². The van der Waals surface area contributed by atoms with Crippen molar-refractivity contribution < 1.29 is 33.9 Å². The predicted octanol–water partition coefficient (Wildman–Crippen LogP) is 3.49. The molecule has 0 atom stereocenters. The van der Waals surface area contributed by atoms with Crippen LogP contribution in [-0.4, -0.2) is 0 Å². The number of hydrogen-bond acceptors (Lipinski definition) is 0. The Morgan fingerprint density at radius 1 is 1.31 bits per heavy atom. The standard InChI is InChI=1S/C7H3F4.BrH.Zn/c8-6-4-2-1-3-5(6)7(9,10)11;;/h1-2,4H;1H;/q-1;;+2/p-1. The van der Waals surface area contributed by atoms with Gasteiger partial charge in [0.2, 0.25) is 0 Å². The Balaban J connectivity index is 0.000000671. The van der Waals surface area contributed by atoms with Gasteiger partial charge < -0.3 is 0 Å². The Hall–Kier alpha value is 0.0434. The van der Waals surface area contributed by atoms with Gasteiger partial charge in [-0.15, -0.1) is 6.07 Å². The van der Waals surface area contributed by atoms with E-state index in [0.29, 0.717) is 0 Å². The van der Waals surface area contributed by atoms with Gasteiger partial charge in [0.05, 0.1) is 0 Å². The van der Waals surface area contributed by atoms with Crippen LogP contribution in [0.25, 0.3) is 0 Å². The van der Waals surface area contributed by atoms with E-state index in [4.69, 9.17) is 0 Å². The molecule has 0 aromatic heterocycles. The zero-order valence-corrected chi connectivity index (χ0v) is 10.9. The molecule has 1 aromatic rings. The van der Waals surface area contributed by atoms with Gasteiger partial charge in [-0.2, -0.15) is 31.4 Å². The van der Waals surface area contributed by atoms with E-state index in [1.54, 1.807) is 6.07 Å². The third-order valence-electron chi connectivity index (χ3n) is 1.09. The maximum absolute atomic E-state index is 12.3. The first-order valence-electron chi connectivity index (χ1n) is 3.02. The molecular weight excluding hydrogens is 305 g/mol. The van der Waals surface area contributed by atoms with Crippen molar-refractivity contribution in [1.29, 1.82) is 0 Å². The molecule has 0 bridgehead atoms. The zero-order chi connectivity index (χ0) is 10.5. The fourth-order valence-corrected chi connectivity index (χ4v) is 0.634. The molecule has 0 aliphatic rings. The summed E-state index contributed by atoms with van der Waals surface area (Å²) < 4.78 is 47.7. The zero-order valence-electron chi connectivity index (χ0n) is 6.33. The molecule has 0 nitrogen and oxygen atoms in total. The predicted molar refractivity (Wildman–Crippen MR) is 39.2 cm³/mol. The van der Waals surface area contributed by atoms with Crippen LogP contribution < -0.4 is 0 Å². The van der Waals surface area contributed by atoms with Crippen LogP contribution in [-0.2, 0) is 22.5 Å². The molecule has 0 radical (unpaired) electrons. The van der Waals surface area contributed by atoms with E-state index >= 15 is 0 Å². The van der Waals surface area contributed by atoms with Crippen LogP contribution in [0.4, 0.5) is 17.6 Å². The van der Waals surface area contributed by atoms with Crippen LogP contribution in [0.1, 0.15) is 5.56 Å². The van der Waals surface area contributed by atoms with Gasteiger partial charge >= 0.3 is 36.1 Å². The summed E-state index contributed by atoms with van der Waals surface area (Å²) in [6.45, 7) is 0. The molecule has 0 saturated heterocycles. The van der Waals surface area contributed by atoms with Crippen LogP contribution in [0.15, 0.2) is 18.2 Å². The van der Waals surface area contributed by atoms with E-state index in [1.807, 2.05) is 0 Å². The van der Waals surface area contributed by atoms with E-state index < -0.39 is 17.6 Å². The summed E-state index contributed by atoms with van der Waals surface area (Å²) in [4.78, 5) is 0. The van der Waals surface area contributed by atoms with Crippen LogP contribution in [0.3, 0.4) is 0 Å². The van der Waals surface area contributed by atoms with Crippen LogP contribution >= 0.6 is 13.6 Å². The Labute approximate surface area is 89.4 Å². The fourth-order valence-electron chi connectivity index (χ4n) is 0.634. The Kier molecular flexibility index (Phi) is 5.73. The van der Waals surface area contributed by atoms with Gasteiger partial charge in [0.1, 0.15) is 0 Å². The number of alkyl halides is 3. The van der Waals surface area contributed by atoms with E-state index in [2.05, 4.69) is 13.6 Å². The van der Waals surface area contributed by atoms with Crippen molar-refractivity contribution in [2.45, 2.75) is 6.18 Å². The molecule has 0 aliphatic heterocycles. The number of rotatable bonds is 0. The summed E-state index contributed by atoms with van der Waals surface area (Å²) >= 11 is 4.25. The average Bonchev–Trinajstić information content (AvgIpc) is 2.07. The minimum absolute atomic E-state index is 0.749. The maximum atomic E-state index is 12.3. The summed E-state index contributed by atoms with van der Waals surface area (Å²) in [7, 11) is 0. The first kappa shape index (κ1) is 13.0. The van der Waals surface area contributed by atoms with Gasteiger partial charge in [0.15, 0.2) is 0 Å². The molecule has 13 heavy (non-hydrogen) atoms. The summed E-state index contributed by atoms with van der Waals surface area (Å²) in [6.07, 6.45) is -4.65. The van der Waals surface area contributed by atoms with Gasteiger partial charge in [0.25, 0.3) is 0 Å². The average molecular weight is 308 g/mol. The molecule has 68 valence electrons. The normalized spacial score (nSPS) is 10.4. The van der Waals surface area contributed by atoms with Gasteiger partial charge in [-0.1, -0.05) is 0 Å². The number of hydrogen-bond donors (Lipinski definition) is 0. The topological polar surface area (TPSA) is 0 Å². The Morgan fingerprint density at radius 2 is 1.85 bits per heavy atom. The Morgan fingerprint density at radius 3 is 2.15 bits per heavy atom. The molecule has 0 spiro atoms. The van der Waals surface area contributed by atoms with E-state index in [-0.39, 0.29) is 0 Å². The molecule has 0 fully saturated rings. The third-order valence-corrected chi connectivity index (χ3v) is 1.09. The molecule has 0 aliphatic carbocycles. The second-order valence-corrected chi connectivity index (χ2v) is 1.89. The molecule has 1 aromatic carbocycles. The third kappa shape index (κ3) is 4.18. The van der Waals surface area contributed by atoms with Crippen LogP contribution in [0.5, 0.6) is 0 Å². The molecule has 0 heterocycles. The molecule has 0 N–H and O–H groups in total. The van der Waals surface area contributed by atoms with E-state index in [1.165, 1.54) is 16.3 Å². The van der Waals surface area contributed by atoms with Gasteiger partial charge in [-0.3, -0.25) is 4.39 Å². The van der Waals surface area contributed by atoms with Crippen molar-refractivity contribution in [3.05, 3.63) is 35.6 Å². The van der Waals surface area contributed by atoms with E-state index in [0.717, 1.165) is 18.2 Å². The van der Waals surface area contributed by atoms with Crippen molar-refractivity contribution in [3.63, 3.8) is 0 Å². The first-order chi connectivity index (χ1) is 6.02. The van der Waals surface area contributed by atoms with Crippen molar-refractivity contribution in [1.82, 2.24) is 0 Å². The summed E-state index contributed by atoms with van der Waals surface area (Å²) in [5.41, 5.74) is -1.35. The molecule has 0 saturated carbocycles. The van der Waals surface area contributed by atoms with Gasteiger partial charge in [-0.25, -0.2) is 0 Å². The summed E-state index contributed by atoms with van der Waals surface area (Å²) in [5.74, 6) is -1.29. The van der Waals surface area contributed by atoms with Crippen molar-refractivity contribution in [3.8, 4) is 0 Å². The number of halogens is 5. The SMILES string of the molecule is Fc1ccc[c-]c1C(F)(F)F.[Zn+][Br]. The minimum atomic E-state index is -4.65. The molecule has 6 heteroatoms. The monoisotopic (exact) mass is 306 g/mol. The van der Waals surface area contributed by atoms with Crippen molar-refractivity contribution >= 4 is 13.6 Å². The van der Waals surface area contributed by atoms with Crippen molar-refractivity contribution in [2.24, 2.45) is 0 Å². The second kappa shape index (κ2) is 5.71. The molecular formula is C7H3BrF4Zn. The second-order valence-electron chi connectivity index (χ2n) is 1.89. The first-order valence-corrected chi connectivity index (χ1v) is 9.97. The molecule has 0 unspecified atom stereocenters. The van der Waals surface area contributed by atoms with Crippen LogP contribution in [0.2, 0.25) is 0 Å². The van der Waals surface area contributed by atoms with Crippen molar-refractivity contribution in [2.75, 3.05) is 0 Å². The summed E-state index contributed by atoms with van der Waals surface area (Å²) in [6, 6.07) is 4.70. The molecule has 1 rings (SSSR count). The molecule has 0 amide bonds. The Bertz CT molecular complexity index is 261. The quantitative estimate of drug-likeness (QED) is 0.391. The number of benzene rings is 1.